The molecule has 3 N–H and O–H groups in total. The number of aromatic amines is 1. The van der Waals surface area contributed by atoms with Crippen molar-refractivity contribution in [3.05, 3.63) is 67.4 Å². The van der Waals surface area contributed by atoms with Crippen LogP contribution in [0, 0.1) is 18.8 Å². The first-order valence-corrected chi connectivity index (χ1v) is 12.7. The van der Waals surface area contributed by atoms with Crippen molar-refractivity contribution in [3.63, 3.8) is 0 Å². The lowest BCUT2D eigenvalue weighted by molar-refractivity contribution is 0.0599. The number of nitrogens with zero attached hydrogens (tertiary/aromatic N) is 2. The molecule has 1 aliphatic heterocycles. The quantitative estimate of drug-likeness (QED) is 0.380. The van der Waals surface area contributed by atoms with Crippen molar-refractivity contribution in [2.75, 3.05) is 25.1 Å². The molecule has 3 atom stereocenters. The Kier molecular flexibility index (Phi) is 6.44. The number of hydrogen-bond donors (Lipinski definition) is 3. The molecule has 1 aliphatic carbocycles. The molecule has 2 aliphatic rings. The average molecular weight is 549 g/mol. The Morgan fingerprint density at radius 3 is 2.53 bits per heavy atom. The average Bonchev–Trinajstić information content (AvgIpc) is 3.22. The summed E-state index contributed by atoms with van der Waals surface area (Å²) in [6, 6.07) is 6.93. The van der Waals surface area contributed by atoms with E-state index in [0.29, 0.717) is 45.8 Å². The van der Waals surface area contributed by atoms with Crippen LogP contribution in [0.2, 0.25) is 10.0 Å². The zero-order chi connectivity index (χ0) is 25.7. The third kappa shape index (κ3) is 4.33. The second-order valence-electron chi connectivity index (χ2n) is 8.89. The highest BCUT2D eigenvalue weighted by Gasteiger charge is 2.57. The number of carbonyl (C=O) groups excluding carboxylic acids is 2. The molecule has 3 heterocycles. The molecule has 12 heteroatoms. The maximum absolute atomic E-state index is 12.7. The van der Waals surface area contributed by atoms with E-state index in [1.54, 1.807) is 31.2 Å². The highest BCUT2D eigenvalue weighted by molar-refractivity contribution is 7.17. The molecule has 5 rings (SSSR count). The van der Waals surface area contributed by atoms with Gasteiger partial charge in [0.05, 0.1) is 28.4 Å². The van der Waals surface area contributed by atoms with E-state index >= 15 is 0 Å². The first-order chi connectivity index (χ1) is 17.2. The van der Waals surface area contributed by atoms with Gasteiger partial charge in [-0.3, -0.25) is 4.79 Å². The second-order valence-corrected chi connectivity index (χ2v) is 10.6. The monoisotopic (exact) mass is 548 g/mol. The molecular weight excluding hydrogens is 527 g/mol. The first-order valence-electron chi connectivity index (χ1n) is 11.2. The summed E-state index contributed by atoms with van der Waals surface area (Å²) >= 11 is 13.4. The van der Waals surface area contributed by atoms with Gasteiger partial charge in [-0.15, -0.1) is 0 Å². The number of benzene rings is 1. The van der Waals surface area contributed by atoms with Crippen LogP contribution in [0.4, 0.5) is 5.13 Å². The van der Waals surface area contributed by atoms with Crippen LogP contribution in [0.1, 0.15) is 47.5 Å². The number of aromatic nitrogens is 2. The fourth-order valence-electron chi connectivity index (χ4n) is 4.77. The molecule has 0 bridgehead atoms. The molecule has 0 radical (unpaired) electrons. The summed E-state index contributed by atoms with van der Waals surface area (Å²) in [4.78, 5) is 46.5. The Labute approximate surface area is 220 Å². The van der Waals surface area contributed by atoms with Gasteiger partial charge < -0.3 is 25.0 Å². The number of aromatic carboxylic acids is 1. The van der Waals surface area contributed by atoms with Crippen molar-refractivity contribution < 1.29 is 24.2 Å². The Balaban J connectivity index is 1.28. The van der Waals surface area contributed by atoms with E-state index in [-0.39, 0.29) is 45.8 Å². The van der Waals surface area contributed by atoms with Crippen molar-refractivity contribution in [2.45, 2.75) is 19.4 Å². The van der Waals surface area contributed by atoms with Crippen LogP contribution in [0.3, 0.4) is 0 Å². The van der Waals surface area contributed by atoms with E-state index in [9.17, 15) is 19.5 Å². The van der Waals surface area contributed by atoms with Gasteiger partial charge in [0, 0.05) is 43.1 Å². The van der Waals surface area contributed by atoms with E-state index in [2.05, 4.69) is 15.3 Å². The Hall–Kier alpha value is -3.08. The maximum atomic E-state index is 12.7. The van der Waals surface area contributed by atoms with Crippen LogP contribution < -0.4 is 10.2 Å². The minimum absolute atomic E-state index is 0.0116. The number of halogens is 2. The minimum Gasteiger partial charge on any atom is -0.477 e. The lowest BCUT2D eigenvalue weighted by atomic mass is 10.0. The zero-order valence-electron chi connectivity index (χ0n) is 19.3. The summed E-state index contributed by atoms with van der Waals surface area (Å²) in [5.41, 5.74) is 2.32. The van der Waals surface area contributed by atoms with Crippen LogP contribution in [-0.2, 0) is 11.2 Å². The minimum atomic E-state index is -1.06. The number of fused-ring (bicyclic) bond motifs is 1. The normalized spacial score (nSPS) is 20.2. The number of thiazole rings is 1. The topological polar surface area (TPSA) is 125 Å². The predicted octanol–water partition coefficient (Wildman–Crippen LogP) is 4.03. The Morgan fingerprint density at radius 1 is 1.22 bits per heavy atom. The second kappa shape index (κ2) is 9.42. The Bertz CT molecular complexity index is 1370. The van der Waals surface area contributed by atoms with E-state index in [1.165, 1.54) is 7.11 Å². The van der Waals surface area contributed by atoms with Crippen molar-refractivity contribution in [1.82, 2.24) is 15.3 Å². The van der Waals surface area contributed by atoms with Gasteiger partial charge in [0.15, 0.2) is 5.13 Å². The number of aryl methyl sites for hydroxylation is 1. The number of amides is 1. The fraction of sp³-hybridized carbons (Fsp3) is 0.333. The van der Waals surface area contributed by atoms with Gasteiger partial charge in [-0.1, -0.05) is 52.7 Å². The third-order valence-corrected chi connectivity index (χ3v) is 8.80. The molecule has 3 aromatic rings. The number of methoxy groups -OCH3 is 1. The number of esters is 1. The molecule has 9 nitrogen and oxygen atoms in total. The van der Waals surface area contributed by atoms with Crippen molar-refractivity contribution in [3.8, 4) is 0 Å². The molecule has 36 heavy (non-hydrogen) atoms. The molecular formula is C24H22Cl2N4O5S. The SMILES string of the molecule is COC(=O)c1ccccc1Cc1nc(N2C[C@@H]3[C@H](C2)[C@@H]3NC(=O)c2[nH]c(C)c(Cl)c2Cl)sc1C(=O)O. The van der Waals surface area contributed by atoms with Crippen molar-refractivity contribution in [2.24, 2.45) is 11.8 Å². The lowest BCUT2D eigenvalue weighted by Gasteiger charge is -2.19. The number of nitrogens with one attached hydrogen (secondary N) is 2. The van der Waals surface area contributed by atoms with Crippen LogP contribution in [0.25, 0.3) is 0 Å². The lowest BCUT2D eigenvalue weighted by Crippen LogP contribution is -2.34. The molecule has 2 fully saturated rings. The van der Waals surface area contributed by atoms with Gasteiger partial charge in [0.25, 0.3) is 5.91 Å². The van der Waals surface area contributed by atoms with E-state index < -0.39 is 11.9 Å². The molecule has 188 valence electrons. The molecule has 0 spiro atoms. The molecule has 0 unspecified atom stereocenters. The summed E-state index contributed by atoms with van der Waals surface area (Å²) in [6.45, 7) is 3.05. The number of carbonyl (C=O) groups is 3. The smallest absolute Gasteiger partial charge is 0.347 e. The first kappa shape index (κ1) is 24.6. The Morgan fingerprint density at radius 2 is 1.92 bits per heavy atom. The van der Waals surface area contributed by atoms with Gasteiger partial charge in [0.1, 0.15) is 10.6 Å². The number of ether oxygens (including phenoxy) is 1. The zero-order valence-corrected chi connectivity index (χ0v) is 21.6. The molecule has 2 aromatic heterocycles. The molecule has 1 amide bonds. The molecule has 1 saturated carbocycles. The summed E-state index contributed by atoms with van der Waals surface area (Å²) < 4.78 is 4.85. The molecule has 1 aromatic carbocycles. The van der Waals surface area contributed by atoms with Crippen LogP contribution >= 0.6 is 34.5 Å². The number of hydrogen-bond acceptors (Lipinski definition) is 7. The van der Waals surface area contributed by atoms with Crippen LogP contribution in [-0.4, -0.2) is 59.2 Å². The maximum Gasteiger partial charge on any atom is 0.347 e. The summed E-state index contributed by atoms with van der Waals surface area (Å²) in [5, 5.41) is 14.0. The number of anilines is 1. The third-order valence-electron chi connectivity index (χ3n) is 6.70. The number of rotatable bonds is 7. The number of carboxylic acid groups (broad SMARTS) is 1. The van der Waals surface area contributed by atoms with Gasteiger partial charge >= 0.3 is 11.9 Å². The van der Waals surface area contributed by atoms with E-state index in [4.69, 9.17) is 27.9 Å². The number of piperidine rings is 1. The van der Waals surface area contributed by atoms with Gasteiger partial charge in [-0.2, -0.15) is 0 Å². The van der Waals surface area contributed by atoms with Gasteiger partial charge in [-0.05, 0) is 18.6 Å². The van der Waals surface area contributed by atoms with Gasteiger partial charge in [0.2, 0.25) is 0 Å². The van der Waals surface area contributed by atoms with Crippen LogP contribution in [0.15, 0.2) is 24.3 Å². The summed E-state index contributed by atoms with van der Waals surface area (Å²) in [6.07, 6.45) is 0.196. The van der Waals surface area contributed by atoms with Crippen LogP contribution in [0.5, 0.6) is 0 Å². The number of carboxylic acids is 1. The molecule has 1 saturated heterocycles. The predicted molar refractivity (Wildman–Crippen MR) is 136 cm³/mol. The van der Waals surface area contributed by atoms with E-state index in [0.717, 1.165) is 11.3 Å². The fourth-order valence-corrected chi connectivity index (χ4v) is 6.13. The van der Waals surface area contributed by atoms with Gasteiger partial charge in [-0.25, -0.2) is 14.6 Å². The van der Waals surface area contributed by atoms with Crippen molar-refractivity contribution >= 4 is 57.5 Å². The largest absolute Gasteiger partial charge is 0.477 e. The standard InChI is InChI=1S/C24H22Cl2N4O5S/c1-10-16(25)17(26)19(27-10)21(31)29-18-13-8-30(9-14(13)18)24-28-15(20(36-24)22(32)33)7-11-5-3-4-6-12(11)23(34)35-2/h3-6,13-14,18,27H,7-9H2,1-2H3,(H,29,31)(H,32,33)/t13-,14+,18-. The summed E-state index contributed by atoms with van der Waals surface area (Å²) in [5.74, 6) is -1.37. The highest BCUT2D eigenvalue weighted by Crippen LogP contribution is 2.48. The summed E-state index contributed by atoms with van der Waals surface area (Å²) in [7, 11) is 1.31. The van der Waals surface area contributed by atoms with E-state index in [1.807, 2.05) is 4.90 Å². The number of H-pyrrole nitrogens is 1. The van der Waals surface area contributed by atoms with Crippen molar-refractivity contribution in [1.29, 1.82) is 0 Å². The highest BCUT2D eigenvalue weighted by atomic mass is 35.5.